The predicted molar refractivity (Wildman–Crippen MR) is 99.5 cm³/mol. The maximum atomic E-state index is 11.0. The Morgan fingerprint density at radius 2 is 2.00 bits per heavy atom. The van der Waals surface area contributed by atoms with Gasteiger partial charge in [-0.25, -0.2) is 0 Å². The molecule has 3 heterocycles. The summed E-state index contributed by atoms with van der Waals surface area (Å²) in [5.74, 6) is 0. The van der Waals surface area contributed by atoms with Crippen molar-refractivity contribution in [3.05, 3.63) is 59.4 Å². The van der Waals surface area contributed by atoms with Gasteiger partial charge in [0.1, 0.15) is 0 Å². The van der Waals surface area contributed by atoms with Gasteiger partial charge in [-0.05, 0) is 6.07 Å². The molecule has 4 rings (SSSR count). The summed E-state index contributed by atoms with van der Waals surface area (Å²) in [6.45, 7) is 0. The summed E-state index contributed by atoms with van der Waals surface area (Å²) in [6.07, 6.45) is 6.92. The summed E-state index contributed by atoms with van der Waals surface area (Å²) < 4.78 is 2.84. The third kappa shape index (κ3) is 2.34. The first-order chi connectivity index (χ1) is 11.2. The normalized spacial score (nSPS) is 21.4. The summed E-state index contributed by atoms with van der Waals surface area (Å²) in [7, 11) is 4.21. The zero-order chi connectivity index (χ0) is 16.0. The third-order valence-corrected chi connectivity index (χ3v) is 7.51. The number of hydrogen-bond donors (Lipinski definition) is 0. The van der Waals surface area contributed by atoms with E-state index >= 15 is 0 Å². The highest BCUT2D eigenvalue weighted by atomic mass is 32.3. The Labute approximate surface area is 144 Å². The molecule has 5 heteroatoms. The van der Waals surface area contributed by atoms with E-state index < -0.39 is 0 Å². The van der Waals surface area contributed by atoms with Crippen molar-refractivity contribution in [2.45, 2.75) is 10.6 Å². The summed E-state index contributed by atoms with van der Waals surface area (Å²) in [5, 5.41) is 2.47. The molecular formula is C18H18N2OS2. The number of para-hydroxylation sites is 1. The maximum absolute atomic E-state index is 11.0. The van der Waals surface area contributed by atoms with E-state index in [0.29, 0.717) is 4.58 Å². The molecule has 0 amide bonds. The molecular weight excluding hydrogens is 324 g/mol. The van der Waals surface area contributed by atoms with Gasteiger partial charge in [-0.3, -0.25) is 4.79 Å². The molecule has 118 valence electrons. The smallest absolute Gasteiger partial charge is 0.151 e. The molecule has 0 N–H and O–H groups in total. The first-order valence-corrected chi connectivity index (χ1v) is 9.68. The minimum absolute atomic E-state index is 0.168. The lowest BCUT2D eigenvalue weighted by atomic mass is 9.98. The highest BCUT2D eigenvalue weighted by Crippen LogP contribution is 2.55. The minimum atomic E-state index is 0.168. The number of thioether (sulfide) groups is 2. The number of benzene rings is 1. The lowest BCUT2D eigenvalue weighted by Crippen LogP contribution is -2.22. The average molecular weight is 342 g/mol. The molecule has 1 fully saturated rings. The van der Waals surface area contributed by atoms with Gasteiger partial charge < -0.3 is 9.47 Å². The zero-order valence-corrected chi connectivity index (χ0v) is 14.7. The van der Waals surface area contributed by atoms with Gasteiger partial charge in [0.15, 0.2) is 6.29 Å². The van der Waals surface area contributed by atoms with Crippen molar-refractivity contribution in [2.75, 3.05) is 12.1 Å². The van der Waals surface area contributed by atoms with Crippen LogP contribution in [-0.2, 0) is 11.8 Å². The first-order valence-electron chi connectivity index (χ1n) is 7.58. The third-order valence-electron chi connectivity index (χ3n) is 4.55. The van der Waals surface area contributed by atoms with Gasteiger partial charge in [0, 0.05) is 53.1 Å². The molecule has 23 heavy (non-hydrogen) atoms. The summed E-state index contributed by atoms with van der Waals surface area (Å²) >= 11 is 4.00. The van der Waals surface area contributed by atoms with E-state index in [-0.39, 0.29) is 6.04 Å². The Kier molecular flexibility index (Phi) is 3.77. The van der Waals surface area contributed by atoms with Crippen molar-refractivity contribution in [3.63, 3.8) is 0 Å². The summed E-state index contributed by atoms with van der Waals surface area (Å²) in [5.41, 5.74) is 4.76. The van der Waals surface area contributed by atoms with E-state index in [1.54, 1.807) is 0 Å². The van der Waals surface area contributed by atoms with Gasteiger partial charge in [0.05, 0.1) is 10.6 Å². The number of allylic oxidation sites excluding steroid dienone is 2. The molecule has 1 aromatic heterocycles. The number of carbonyl (C=O) groups is 1. The first kappa shape index (κ1) is 15.0. The van der Waals surface area contributed by atoms with Crippen LogP contribution in [0.5, 0.6) is 0 Å². The molecule has 1 unspecified atom stereocenters. The molecule has 1 aromatic carbocycles. The standard InChI is InChI=1S/C18H18N2OS2/c1-19-9-12(10-21)7-8-15(19)16-13-5-3-4-6-14(13)20(2)17(16)18-22-11-23-18/h3-10,15,18H,11H2,1-2H3. The second-order valence-corrected chi connectivity index (χ2v) is 8.73. The molecule has 2 aliphatic rings. The van der Waals surface area contributed by atoms with E-state index in [9.17, 15) is 4.79 Å². The monoisotopic (exact) mass is 342 g/mol. The highest BCUT2D eigenvalue weighted by molar-refractivity contribution is 8.31. The van der Waals surface area contributed by atoms with Crippen molar-refractivity contribution in [1.82, 2.24) is 9.47 Å². The second kappa shape index (κ2) is 5.80. The quantitative estimate of drug-likeness (QED) is 0.779. The molecule has 0 bridgehead atoms. The molecule has 2 aromatic rings. The summed E-state index contributed by atoms with van der Waals surface area (Å²) in [6, 6.07) is 8.78. The van der Waals surface area contributed by atoms with E-state index in [1.165, 1.54) is 22.2 Å². The molecule has 0 radical (unpaired) electrons. The number of hydrogen-bond acceptors (Lipinski definition) is 4. The van der Waals surface area contributed by atoms with Crippen LogP contribution >= 0.6 is 23.5 Å². The fraction of sp³-hybridized carbons (Fsp3) is 0.278. The van der Waals surface area contributed by atoms with Crippen LogP contribution in [-0.4, -0.2) is 27.9 Å². The van der Waals surface area contributed by atoms with Gasteiger partial charge in [-0.1, -0.05) is 30.4 Å². The average Bonchev–Trinajstić information content (AvgIpc) is 2.80. The Bertz CT molecular complexity index is 833. The number of rotatable bonds is 3. The number of aryl methyl sites for hydroxylation is 1. The minimum Gasteiger partial charge on any atom is -0.369 e. The SMILES string of the molecule is CN1C=C(C=O)C=CC1c1c(C2SCS2)n(C)c2ccccc12. The molecule has 0 spiro atoms. The number of fused-ring (bicyclic) bond motifs is 1. The van der Waals surface area contributed by atoms with Crippen LogP contribution in [0.25, 0.3) is 10.9 Å². The highest BCUT2D eigenvalue weighted by Gasteiger charge is 2.32. The largest absolute Gasteiger partial charge is 0.369 e. The van der Waals surface area contributed by atoms with Crippen molar-refractivity contribution < 1.29 is 4.79 Å². The topological polar surface area (TPSA) is 25.2 Å². The van der Waals surface area contributed by atoms with Gasteiger partial charge in [0.2, 0.25) is 0 Å². The van der Waals surface area contributed by atoms with Crippen LogP contribution in [0, 0.1) is 0 Å². The van der Waals surface area contributed by atoms with Crippen LogP contribution in [0.4, 0.5) is 0 Å². The number of aldehydes is 1. The van der Waals surface area contributed by atoms with E-state index in [0.717, 1.165) is 16.9 Å². The predicted octanol–water partition coefficient (Wildman–Crippen LogP) is 4.24. The Balaban J connectivity index is 1.90. The second-order valence-electron chi connectivity index (χ2n) is 5.87. The van der Waals surface area contributed by atoms with Gasteiger partial charge in [0.25, 0.3) is 0 Å². The molecule has 1 saturated heterocycles. The van der Waals surface area contributed by atoms with E-state index in [1.807, 2.05) is 42.8 Å². The number of aromatic nitrogens is 1. The van der Waals surface area contributed by atoms with Crippen molar-refractivity contribution in [2.24, 2.45) is 7.05 Å². The van der Waals surface area contributed by atoms with Crippen molar-refractivity contribution in [3.8, 4) is 0 Å². The molecule has 0 saturated carbocycles. The molecule has 2 aliphatic heterocycles. The lowest BCUT2D eigenvalue weighted by molar-refractivity contribution is -0.104. The van der Waals surface area contributed by atoms with Crippen LogP contribution < -0.4 is 0 Å². The van der Waals surface area contributed by atoms with E-state index in [2.05, 4.69) is 46.9 Å². The zero-order valence-electron chi connectivity index (χ0n) is 13.1. The fourth-order valence-electron chi connectivity index (χ4n) is 3.40. The fourth-order valence-corrected chi connectivity index (χ4v) is 5.37. The van der Waals surface area contributed by atoms with Crippen molar-refractivity contribution >= 4 is 40.7 Å². The van der Waals surface area contributed by atoms with Gasteiger partial charge >= 0.3 is 0 Å². The molecule has 1 atom stereocenters. The Morgan fingerprint density at radius 1 is 1.22 bits per heavy atom. The lowest BCUT2D eigenvalue weighted by Gasteiger charge is -2.32. The Morgan fingerprint density at radius 3 is 2.65 bits per heavy atom. The number of likely N-dealkylation sites (N-methyl/N-ethyl adjacent to an activating group) is 1. The van der Waals surface area contributed by atoms with Crippen LogP contribution in [0.2, 0.25) is 0 Å². The van der Waals surface area contributed by atoms with Crippen molar-refractivity contribution in [1.29, 1.82) is 0 Å². The Hall–Kier alpha value is -1.59. The summed E-state index contributed by atoms with van der Waals surface area (Å²) in [4.78, 5) is 13.2. The number of carbonyl (C=O) groups excluding carboxylic acids is 1. The van der Waals surface area contributed by atoms with E-state index in [4.69, 9.17) is 0 Å². The van der Waals surface area contributed by atoms with Gasteiger partial charge in [-0.15, -0.1) is 23.5 Å². The maximum Gasteiger partial charge on any atom is 0.151 e. The van der Waals surface area contributed by atoms with Crippen LogP contribution in [0.1, 0.15) is 21.9 Å². The molecule has 0 aliphatic carbocycles. The van der Waals surface area contributed by atoms with Crippen LogP contribution in [0.15, 0.2) is 48.2 Å². The molecule has 3 nitrogen and oxygen atoms in total. The number of nitrogens with zero attached hydrogens (tertiary/aromatic N) is 2. The van der Waals surface area contributed by atoms with Gasteiger partial charge in [-0.2, -0.15) is 0 Å². The van der Waals surface area contributed by atoms with Crippen LogP contribution in [0.3, 0.4) is 0 Å².